The molecule has 0 aliphatic heterocycles. The van der Waals surface area contributed by atoms with E-state index in [9.17, 15) is 13.6 Å². The highest BCUT2D eigenvalue weighted by Gasteiger charge is 2.39. The first-order chi connectivity index (χ1) is 14.7. The van der Waals surface area contributed by atoms with Crippen molar-refractivity contribution in [3.63, 3.8) is 0 Å². The molecule has 4 aromatic rings. The number of halogens is 3. The maximum absolute atomic E-state index is 13.5. The molecule has 0 spiro atoms. The number of nitrogens with one attached hydrogen (secondary N) is 1. The molecule has 0 atom stereocenters. The molecule has 1 amide bonds. The van der Waals surface area contributed by atoms with Crippen molar-refractivity contribution in [2.24, 2.45) is 5.41 Å². The molecule has 0 saturated carbocycles. The van der Waals surface area contributed by atoms with Crippen LogP contribution in [0.2, 0.25) is 5.02 Å². The highest BCUT2D eigenvalue weighted by molar-refractivity contribution is 7.22. The van der Waals surface area contributed by atoms with E-state index in [0.717, 1.165) is 21.3 Å². The molecule has 3 aromatic carbocycles. The number of benzene rings is 3. The van der Waals surface area contributed by atoms with Gasteiger partial charge in [0.2, 0.25) is 5.91 Å². The van der Waals surface area contributed by atoms with Gasteiger partial charge in [-0.2, -0.15) is 0 Å². The highest BCUT2D eigenvalue weighted by atomic mass is 35.5. The molecule has 0 aliphatic rings. The summed E-state index contributed by atoms with van der Waals surface area (Å²) in [4.78, 5) is 17.8. The summed E-state index contributed by atoms with van der Waals surface area (Å²) in [5, 5.41) is 3.98. The second kappa shape index (κ2) is 8.36. The van der Waals surface area contributed by atoms with Crippen LogP contribution >= 0.6 is 22.9 Å². The largest absolute Gasteiger partial charge is 0.301 e. The Morgan fingerprint density at radius 1 is 0.968 bits per heavy atom. The molecular weight excluding hydrogens is 438 g/mol. The maximum atomic E-state index is 13.5. The number of thiazole rings is 1. The van der Waals surface area contributed by atoms with Gasteiger partial charge >= 0.3 is 0 Å². The van der Waals surface area contributed by atoms with Crippen LogP contribution in [-0.2, 0) is 4.79 Å². The maximum Gasteiger partial charge on any atom is 0.232 e. The van der Waals surface area contributed by atoms with E-state index in [-0.39, 0.29) is 17.5 Å². The first-order valence-electron chi connectivity index (χ1n) is 9.62. The number of rotatable bonds is 5. The summed E-state index contributed by atoms with van der Waals surface area (Å²) in [6.45, 7) is 3.62. The minimum Gasteiger partial charge on any atom is -0.301 e. The van der Waals surface area contributed by atoms with Crippen LogP contribution < -0.4 is 5.32 Å². The molecule has 1 aromatic heterocycles. The number of carbonyl (C=O) groups is 1. The average Bonchev–Trinajstić information content (AvgIpc) is 3.12. The van der Waals surface area contributed by atoms with Gasteiger partial charge in [0.1, 0.15) is 11.6 Å². The number of nitrogens with zero attached hydrogens (tertiary/aromatic N) is 1. The van der Waals surface area contributed by atoms with E-state index in [0.29, 0.717) is 10.2 Å². The standard InChI is InChI=1S/C24H19ClF2N2OS/c1-24(2,22(30)29-23-28-19-12-7-16(25)13-20(19)31-23)21(14-3-8-17(26)9-4-14)15-5-10-18(27)11-6-15/h3-13,21H,1-2H3,(H,28,29,30). The number of aromatic nitrogens is 1. The summed E-state index contributed by atoms with van der Waals surface area (Å²) >= 11 is 7.38. The fourth-order valence-electron chi connectivity index (χ4n) is 3.68. The summed E-state index contributed by atoms with van der Waals surface area (Å²) in [6.07, 6.45) is 0. The van der Waals surface area contributed by atoms with Gasteiger partial charge in [-0.25, -0.2) is 13.8 Å². The lowest BCUT2D eigenvalue weighted by Crippen LogP contribution is -2.37. The van der Waals surface area contributed by atoms with E-state index in [1.54, 1.807) is 42.5 Å². The molecule has 31 heavy (non-hydrogen) atoms. The molecular formula is C24H19ClF2N2OS. The molecule has 4 rings (SSSR count). The van der Waals surface area contributed by atoms with Crippen LogP contribution in [0.5, 0.6) is 0 Å². The van der Waals surface area contributed by atoms with E-state index >= 15 is 0 Å². The van der Waals surface area contributed by atoms with Crippen molar-refractivity contribution in [1.82, 2.24) is 4.98 Å². The predicted molar refractivity (Wildman–Crippen MR) is 122 cm³/mol. The summed E-state index contributed by atoms with van der Waals surface area (Å²) < 4.78 is 27.9. The molecule has 1 N–H and O–H groups in total. The molecule has 0 bridgehead atoms. The van der Waals surface area contributed by atoms with E-state index in [1.165, 1.54) is 35.6 Å². The normalized spacial score (nSPS) is 11.8. The molecule has 0 radical (unpaired) electrons. The van der Waals surface area contributed by atoms with E-state index in [1.807, 2.05) is 13.8 Å². The lowest BCUT2D eigenvalue weighted by molar-refractivity contribution is -0.124. The number of amides is 1. The first kappa shape index (κ1) is 21.4. The van der Waals surface area contributed by atoms with Crippen LogP contribution in [0.1, 0.15) is 30.9 Å². The van der Waals surface area contributed by atoms with Crippen LogP contribution in [0.15, 0.2) is 66.7 Å². The molecule has 0 aliphatic carbocycles. The van der Waals surface area contributed by atoms with Crippen molar-refractivity contribution >= 4 is 44.2 Å². The second-order valence-corrected chi connectivity index (χ2v) is 9.31. The fourth-order valence-corrected chi connectivity index (χ4v) is 4.81. The zero-order valence-corrected chi connectivity index (χ0v) is 18.4. The van der Waals surface area contributed by atoms with Gasteiger partial charge in [0.25, 0.3) is 0 Å². The predicted octanol–water partition coefficient (Wildman–Crippen LogP) is 7.02. The van der Waals surface area contributed by atoms with Crippen molar-refractivity contribution in [3.8, 4) is 0 Å². The molecule has 0 unspecified atom stereocenters. The Bertz CT molecular complexity index is 1190. The number of carbonyl (C=O) groups excluding carboxylic acids is 1. The molecule has 0 saturated heterocycles. The number of fused-ring (bicyclic) bond motifs is 1. The van der Waals surface area contributed by atoms with Crippen molar-refractivity contribution in [3.05, 3.63) is 94.5 Å². The summed E-state index contributed by atoms with van der Waals surface area (Å²) in [5.74, 6) is -1.41. The molecule has 3 nitrogen and oxygen atoms in total. The Labute approximate surface area is 187 Å². The Kier molecular flexibility index (Phi) is 5.77. The number of hydrogen-bond donors (Lipinski definition) is 1. The zero-order chi connectivity index (χ0) is 22.2. The van der Waals surface area contributed by atoms with E-state index in [2.05, 4.69) is 10.3 Å². The smallest absolute Gasteiger partial charge is 0.232 e. The molecule has 0 fully saturated rings. The van der Waals surface area contributed by atoms with Crippen molar-refractivity contribution in [2.45, 2.75) is 19.8 Å². The van der Waals surface area contributed by atoms with Gasteiger partial charge in [0, 0.05) is 10.9 Å². The third-order valence-electron chi connectivity index (χ3n) is 5.28. The monoisotopic (exact) mass is 456 g/mol. The third kappa shape index (κ3) is 4.45. The summed E-state index contributed by atoms with van der Waals surface area (Å²) in [6, 6.07) is 17.4. The molecule has 158 valence electrons. The van der Waals surface area contributed by atoms with E-state index in [4.69, 9.17) is 11.6 Å². The van der Waals surface area contributed by atoms with Crippen LogP contribution in [0.25, 0.3) is 10.2 Å². The molecule has 1 heterocycles. The Hall–Kier alpha value is -2.83. The van der Waals surface area contributed by atoms with E-state index < -0.39 is 11.3 Å². The van der Waals surface area contributed by atoms with Gasteiger partial charge < -0.3 is 5.32 Å². The van der Waals surface area contributed by atoms with Crippen LogP contribution in [0, 0.1) is 17.0 Å². The van der Waals surface area contributed by atoms with Gasteiger partial charge in [-0.15, -0.1) is 0 Å². The van der Waals surface area contributed by atoms with Crippen LogP contribution in [0.4, 0.5) is 13.9 Å². The summed E-state index contributed by atoms with van der Waals surface area (Å²) in [7, 11) is 0. The first-order valence-corrected chi connectivity index (χ1v) is 10.8. The molecule has 7 heteroatoms. The van der Waals surface area contributed by atoms with Crippen LogP contribution in [-0.4, -0.2) is 10.9 Å². The summed E-state index contributed by atoms with van der Waals surface area (Å²) in [5.41, 5.74) is 1.30. The SMILES string of the molecule is CC(C)(C(=O)Nc1nc2ccc(Cl)cc2s1)C(c1ccc(F)cc1)c1ccc(F)cc1. The highest BCUT2D eigenvalue weighted by Crippen LogP contribution is 2.42. The Morgan fingerprint density at radius 2 is 1.52 bits per heavy atom. The quantitative estimate of drug-likeness (QED) is 0.350. The van der Waals surface area contributed by atoms with Crippen LogP contribution in [0.3, 0.4) is 0 Å². The van der Waals surface area contributed by atoms with Gasteiger partial charge in [-0.05, 0) is 53.6 Å². The average molecular weight is 457 g/mol. The minimum absolute atomic E-state index is 0.253. The number of anilines is 1. The Balaban J connectivity index is 1.70. The minimum atomic E-state index is -0.953. The topological polar surface area (TPSA) is 42.0 Å². The van der Waals surface area contributed by atoms with Crippen molar-refractivity contribution in [1.29, 1.82) is 0 Å². The van der Waals surface area contributed by atoms with Crippen molar-refractivity contribution in [2.75, 3.05) is 5.32 Å². The van der Waals surface area contributed by atoms with Gasteiger partial charge in [-0.3, -0.25) is 4.79 Å². The fraction of sp³-hybridized carbons (Fsp3) is 0.167. The lowest BCUT2D eigenvalue weighted by Gasteiger charge is -2.33. The lowest BCUT2D eigenvalue weighted by atomic mass is 9.70. The van der Waals surface area contributed by atoms with Gasteiger partial charge in [-0.1, -0.05) is 61.1 Å². The van der Waals surface area contributed by atoms with Gasteiger partial charge in [0.05, 0.1) is 15.6 Å². The zero-order valence-electron chi connectivity index (χ0n) is 16.8. The third-order valence-corrected chi connectivity index (χ3v) is 6.45. The second-order valence-electron chi connectivity index (χ2n) is 7.84. The Morgan fingerprint density at radius 3 is 2.06 bits per heavy atom. The number of hydrogen-bond acceptors (Lipinski definition) is 3. The van der Waals surface area contributed by atoms with Crippen molar-refractivity contribution < 1.29 is 13.6 Å². The van der Waals surface area contributed by atoms with Gasteiger partial charge in [0.15, 0.2) is 5.13 Å².